The van der Waals surface area contributed by atoms with Gasteiger partial charge in [-0.25, -0.2) is 0 Å². The second-order valence-corrected chi connectivity index (χ2v) is 7.85. The molecule has 3 rings (SSSR count). The lowest BCUT2D eigenvalue weighted by Gasteiger charge is -2.10. The van der Waals surface area contributed by atoms with Gasteiger partial charge >= 0.3 is 0 Å². The van der Waals surface area contributed by atoms with E-state index in [9.17, 15) is 10.2 Å². The average molecular weight is 333 g/mol. The lowest BCUT2D eigenvalue weighted by Crippen LogP contribution is -2.23. The van der Waals surface area contributed by atoms with Gasteiger partial charge in [0.25, 0.3) is 0 Å². The van der Waals surface area contributed by atoms with Gasteiger partial charge in [0.05, 0.1) is 0 Å². The maximum Gasteiger partial charge on any atom is 0.115 e. The van der Waals surface area contributed by atoms with Gasteiger partial charge in [-0.05, 0) is 55.0 Å². The summed E-state index contributed by atoms with van der Waals surface area (Å²) in [6, 6.07) is 15.3. The van der Waals surface area contributed by atoms with Crippen LogP contribution in [-0.2, 0) is 0 Å². The van der Waals surface area contributed by atoms with Crippen molar-refractivity contribution >= 4 is 23.5 Å². The van der Waals surface area contributed by atoms with E-state index in [-0.39, 0.29) is 0 Å². The third-order valence-corrected chi connectivity index (χ3v) is 6.02. The Morgan fingerprint density at radius 3 is 2.14 bits per heavy atom. The molecule has 1 fully saturated rings. The minimum atomic E-state index is 0.314. The second-order valence-electron chi connectivity index (χ2n) is 5.38. The van der Waals surface area contributed by atoms with Gasteiger partial charge in [-0.3, -0.25) is 0 Å². The van der Waals surface area contributed by atoms with Gasteiger partial charge in [-0.15, -0.1) is 23.5 Å². The van der Waals surface area contributed by atoms with Crippen molar-refractivity contribution < 1.29 is 10.2 Å². The molecule has 2 atom stereocenters. The quantitative estimate of drug-likeness (QED) is 0.728. The molecule has 116 valence electrons. The number of hydrogen-bond acceptors (Lipinski definition) is 5. The minimum Gasteiger partial charge on any atom is -0.508 e. The summed E-state index contributed by atoms with van der Waals surface area (Å²) in [7, 11) is 0. The molecule has 0 bridgehead atoms. The van der Waals surface area contributed by atoms with Gasteiger partial charge in [-0.2, -0.15) is 0 Å². The average Bonchev–Trinajstić information content (AvgIpc) is 2.97. The normalized spacial score (nSPS) is 21.1. The van der Waals surface area contributed by atoms with Gasteiger partial charge in [0.15, 0.2) is 0 Å². The standard InChI is InChI=1S/C17H19NO2S2/c19-13-1-5-15(6-2-13)21-11-12-9-17(10-18-12)22-16-7-3-14(20)4-8-16/h1-8,12,17-20H,9-11H2/t12-,17+/m1/s1. The van der Waals surface area contributed by atoms with E-state index in [1.807, 2.05) is 47.8 Å². The maximum absolute atomic E-state index is 9.31. The Kier molecular flexibility index (Phi) is 5.18. The lowest BCUT2D eigenvalue weighted by atomic mass is 10.2. The molecule has 5 heteroatoms. The molecule has 1 heterocycles. The van der Waals surface area contributed by atoms with Crippen LogP contribution in [0.15, 0.2) is 58.3 Å². The number of rotatable bonds is 5. The van der Waals surface area contributed by atoms with Crippen LogP contribution < -0.4 is 5.32 Å². The first-order valence-corrected chi connectivity index (χ1v) is 9.16. The Morgan fingerprint density at radius 2 is 1.50 bits per heavy atom. The Morgan fingerprint density at radius 1 is 0.909 bits per heavy atom. The minimum absolute atomic E-state index is 0.314. The molecule has 1 saturated heterocycles. The summed E-state index contributed by atoms with van der Waals surface area (Å²) >= 11 is 3.69. The number of hydrogen-bond donors (Lipinski definition) is 3. The van der Waals surface area contributed by atoms with Crippen LogP contribution in [0.2, 0.25) is 0 Å². The Hall–Kier alpha value is -1.30. The predicted molar refractivity (Wildman–Crippen MR) is 93.0 cm³/mol. The number of aromatic hydroxyl groups is 2. The van der Waals surface area contributed by atoms with E-state index in [4.69, 9.17) is 0 Å². The van der Waals surface area contributed by atoms with Crippen molar-refractivity contribution in [2.45, 2.75) is 27.5 Å². The fraction of sp³-hybridized carbons (Fsp3) is 0.294. The highest BCUT2D eigenvalue weighted by Crippen LogP contribution is 2.31. The fourth-order valence-corrected chi connectivity index (χ4v) is 4.62. The zero-order chi connectivity index (χ0) is 15.4. The highest BCUT2D eigenvalue weighted by atomic mass is 32.2. The number of nitrogens with one attached hydrogen (secondary N) is 1. The van der Waals surface area contributed by atoms with Crippen LogP contribution in [0.1, 0.15) is 6.42 Å². The van der Waals surface area contributed by atoms with E-state index >= 15 is 0 Å². The van der Waals surface area contributed by atoms with Gasteiger partial charge in [0.2, 0.25) is 0 Å². The van der Waals surface area contributed by atoms with Crippen molar-refractivity contribution in [3.05, 3.63) is 48.5 Å². The Balaban J connectivity index is 1.45. The molecular weight excluding hydrogens is 314 g/mol. The molecule has 2 aromatic carbocycles. The first-order valence-electron chi connectivity index (χ1n) is 7.30. The van der Waals surface area contributed by atoms with Crippen LogP contribution in [0, 0.1) is 0 Å². The van der Waals surface area contributed by atoms with Gasteiger partial charge in [0.1, 0.15) is 11.5 Å². The lowest BCUT2D eigenvalue weighted by molar-refractivity contribution is 0.474. The highest BCUT2D eigenvalue weighted by molar-refractivity contribution is 8.00. The first-order chi connectivity index (χ1) is 10.7. The summed E-state index contributed by atoms with van der Waals surface area (Å²) in [5.74, 6) is 1.67. The Bertz CT molecular complexity index is 601. The number of benzene rings is 2. The third kappa shape index (κ3) is 4.35. The third-order valence-electron chi connectivity index (χ3n) is 3.61. The van der Waals surface area contributed by atoms with E-state index in [1.165, 1.54) is 9.79 Å². The van der Waals surface area contributed by atoms with Crippen LogP contribution in [0.5, 0.6) is 11.5 Å². The van der Waals surface area contributed by atoms with Crippen molar-refractivity contribution in [3.63, 3.8) is 0 Å². The molecule has 0 saturated carbocycles. The summed E-state index contributed by atoms with van der Waals surface area (Å²) in [5.41, 5.74) is 0. The number of phenolic OH excluding ortho intramolecular Hbond substituents is 2. The molecular formula is C17H19NO2S2. The topological polar surface area (TPSA) is 52.5 Å². The van der Waals surface area contributed by atoms with Crippen molar-refractivity contribution in [1.82, 2.24) is 5.32 Å². The molecule has 0 radical (unpaired) electrons. The monoisotopic (exact) mass is 333 g/mol. The van der Waals surface area contributed by atoms with Crippen molar-refractivity contribution in [2.75, 3.05) is 12.3 Å². The molecule has 3 N–H and O–H groups in total. The summed E-state index contributed by atoms with van der Waals surface area (Å²) in [4.78, 5) is 2.39. The Labute approximate surface area is 139 Å². The number of thioether (sulfide) groups is 2. The maximum atomic E-state index is 9.31. The van der Waals surface area contributed by atoms with E-state index in [0.717, 1.165) is 18.7 Å². The van der Waals surface area contributed by atoms with Crippen molar-refractivity contribution in [3.8, 4) is 11.5 Å². The summed E-state index contributed by atoms with van der Waals surface area (Å²) in [6.07, 6.45) is 1.15. The summed E-state index contributed by atoms with van der Waals surface area (Å²) < 4.78 is 0. The van der Waals surface area contributed by atoms with E-state index in [1.54, 1.807) is 24.3 Å². The van der Waals surface area contributed by atoms with Crippen molar-refractivity contribution in [1.29, 1.82) is 0 Å². The van der Waals surface area contributed by atoms with E-state index in [0.29, 0.717) is 22.8 Å². The molecule has 1 aliphatic heterocycles. The fourth-order valence-electron chi connectivity index (χ4n) is 2.46. The van der Waals surface area contributed by atoms with E-state index < -0.39 is 0 Å². The smallest absolute Gasteiger partial charge is 0.115 e. The molecule has 22 heavy (non-hydrogen) atoms. The molecule has 0 aromatic heterocycles. The molecule has 0 amide bonds. The molecule has 3 nitrogen and oxygen atoms in total. The second kappa shape index (κ2) is 7.31. The molecule has 0 aliphatic carbocycles. The zero-order valence-corrected chi connectivity index (χ0v) is 13.7. The number of phenols is 2. The molecule has 0 spiro atoms. The zero-order valence-electron chi connectivity index (χ0n) is 12.1. The SMILES string of the molecule is Oc1ccc(SC[C@H]2C[C@H](Sc3ccc(O)cc3)CN2)cc1. The van der Waals surface area contributed by atoms with Crippen LogP contribution in [0.3, 0.4) is 0 Å². The van der Waals surface area contributed by atoms with Crippen molar-refractivity contribution in [2.24, 2.45) is 0 Å². The summed E-state index contributed by atoms with van der Waals surface area (Å²) in [6.45, 7) is 1.02. The van der Waals surface area contributed by atoms with Gasteiger partial charge < -0.3 is 15.5 Å². The van der Waals surface area contributed by atoms with E-state index in [2.05, 4.69) is 5.32 Å². The van der Waals surface area contributed by atoms with Crippen LogP contribution >= 0.6 is 23.5 Å². The van der Waals surface area contributed by atoms with Gasteiger partial charge in [-0.1, -0.05) is 0 Å². The van der Waals surface area contributed by atoms with Crippen LogP contribution in [-0.4, -0.2) is 33.8 Å². The molecule has 0 unspecified atom stereocenters. The largest absolute Gasteiger partial charge is 0.508 e. The highest BCUT2D eigenvalue weighted by Gasteiger charge is 2.24. The van der Waals surface area contributed by atoms with Gasteiger partial charge in [0, 0.05) is 33.4 Å². The molecule has 2 aromatic rings. The molecule has 1 aliphatic rings. The van der Waals surface area contributed by atoms with Crippen LogP contribution in [0.25, 0.3) is 0 Å². The summed E-state index contributed by atoms with van der Waals surface area (Å²) in [5, 5.41) is 22.8. The van der Waals surface area contributed by atoms with Crippen LogP contribution in [0.4, 0.5) is 0 Å². The first kappa shape index (κ1) is 15.6. The predicted octanol–water partition coefficient (Wildman–Crippen LogP) is 3.71.